The molecule has 29 heavy (non-hydrogen) atoms. The molecule has 1 saturated heterocycles. The van der Waals surface area contributed by atoms with Crippen molar-refractivity contribution >= 4 is 39.4 Å². The second kappa shape index (κ2) is 7.98. The van der Waals surface area contributed by atoms with Crippen LogP contribution in [0.5, 0.6) is 0 Å². The zero-order chi connectivity index (χ0) is 19.6. The number of urea groups is 1. The molecule has 5 rings (SSSR count). The Kier molecular flexibility index (Phi) is 5.05. The van der Waals surface area contributed by atoms with E-state index >= 15 is 0 Å². The lowest BCUT2D eigenvalue weighted by Crippen LogP contribution is -2.49. The maximum Gasteiger partial charge on any atom is 0.321 e. The Hall–Kier alpha value is -2.68. The van der Waals surface area contributed by atoms with Gasteiger partial charge in [-0.25, -0.2) is 9.78 Å². The van der Waals surface area contributed by atoms with Gasteiger partial charge in [0.25, 0.3) is 0 Å². The number of thiophene rings is 1. The number of nitrogens with one attached hydrogen (secondary N) is 1. The molecule has 4 aromatic rings. The second-order valence-corrected chi connectivity index (χ2v) is 8.97. The van der Waals surface area contributed by atoms with Crippen molar-refractivity contribution in [1.29, 1.82) is 0 Å². The lowest BCUT2D eigenvalue weighted by molar-refractivity contribution is 0.143. The molecule has 3 aromatic heterocycles. The highest BCUT2D eigenvalue weighted by atomic mass is 32.1. The molecule has 1 N–H and O–H groups in total. The normalized spacial score (nSPS) is 15.1. The number of carbonyl (C=O) groups is 1. The van der Waals surface area contributed by atoms with Gasteiger partial charge in [0.2, 0.25) is 0 Å². The molecule has 0 saturated carbocycles. The molecule has 0 atom stereocenters. The Morgan fingerprint density at radius 3 is 2.59 bits per heavy atom. The van der Waals surface area contributed by atoms with Crippen molar-refractivity contribution in [2.24, 2.45) is 0 Å². The number of aromatic nitrogens is 2. The zero-order valence-electron chi connectivity index (χ0n) is 15.8. The molecule has 2 amide bonds. The number of hydrogen-bond donors (Lipinski definition) is 1. The number of rotatable bonds is 4. The average Bonchev–Trinajstić information content (AvgIpc) is 3.47. The van der Waals surface area contributed by atoms with Crippen molar-refractivity contribution in [3.05, 3.63) is 64.4 Å². The fourth-order valence-electron chi connectivity index (χ4n) is 3.53. The first-order valence-electron chi connectivity index (χ1n) is 9.58. The van der Waals surface area contributed by atoms with Gasteiger partial charge in [0, 0.05) is 66.6 Å². The molecule has 6 nitrogen and oxygen atoms in total. The predicted octanol–water partition coefficient (Wildman–Crippen LogP) is 4.47. The topological polar surface area (TPSA) is 52.9 Å². The fraction of sp³-hybridized carbons (Fsp3) is 0.238. The Morgan fingerprint density at radius 2 is 1.86 bits per heavy atom. The zero-order valence-corrected chi connectivity index (χ0v) is 17.5. The number of carbonyl (C=O) groups excluding carboxylic acids is 1. The number of piperazine rings is 1. The Morgan fingerprint density at radius 1 is 1.03 bits per heavy atom. The first-order chi connectivity index (χ1) is 14.2. The summed E-state index contributed by atoms with van der Waals surface area (Å²) >= 11 is 3.40. The highest BCUT2D eigenvalue weighted by molar-refractivity contribution is 7.15. The molecule has 1 aromatic carbocycles. The molecule has 8 heteroatoms. The van der Waals surface area contributed by atoms with E-state index in [1.54, 1.807) is 22.7 Å². The number of benzene rings is 1. The summed E-state index contributed by atoms with van der Waals surface area (Å²) in [6.45, 7) is 4.28. The van der Waals surface area contributed by atoms with Crippen LogP contribution in [-0.2, 0) is 6.54 Å². The molecule has 0 aliphatic carbocycles. The quantitative estimate of drug-likeness (QED) is 0.527. The molecule has 0 spiro atoms. The van der Waals surface area contributed by atoms with Crippen LogP contribution >= 0.6 is 22.7 Å². The van der Waals surface area contributed by atoms with Crippen LogP contribution in [0.3, 0.4) is 0 Å². The smallest absolute Gasteiger partial charge is 0.321 e. The minimum absolute atomic E-state index is 0.0315. The van der Waals surface area contributed by atoms with E-state index < -0.39 is 0 Å². The summed E-state index contributed by atoms with van der Waals surface area (Å²) < 4.78 is 2.02. The third-order valence-corrected chi connectivity index (χ3v) is 6.78. The molecule has 1 aliphatic rings. The van der Waals surface area contributed by atoms with Crippen LogP contribution in [0.25, 0.3) is 16.2 Å². The summed E-state index contributed by atoms with van der Waals surface area (Å²) in [7, 11) is 0. The van der Waals surface area contributed by atoms with Crippen LogP contribution in [0.15, 0.2) is 59.6 Å². The average molecular weight is 424 g/mol. The number of amides is 2. The maximum atomic E-state index is 12.6. The Labute approximate surface area is 177 Å². The number of fused-ring (bicyclic) bond motifs is 1. The Balaban J connectivity index is 1.16. The summed E-state index contributed by atoms with van der Waals surface area (Å²) in [6.07, 6.45) is 4.03. The van der Waals surface area contributed by atoms with Gasteiger partial charge < -0.3 is 10.2 Å². The van der Waals surface area contributed by atoms with Crippen LogP contribution in [0.2, 0.25) is 0 Å². The van der Waals surface area contributed by atoms with Crippen molar-refractivity contribution < 1.29 is 4.79 Å². The molecular formula is C21H21N5OS2. The van der Waals surface area contributed by atoms with Gasteiger partial charge in [-0.1, -0.05) is 18.2 Å². The fourth-order valence-corrected chi connectivity index (χ4v) is 4.97. The van der Waals surface area contributed by atoms with Gasteiger partial charge in [0.05, 0.1) is 5.69 Å². The second-order valence-electron chi connectivity index (χ2n) is 7.07. The molecule has 0 bridgehead atoms. The van der Waals surface area contributed by atoms with E-state index in [-0.39, 0.29) is 6.03 Å². The standard InChI is InChI=1S/C21H21N5OS2/c27-20(25-9-7-24(8-10-25)14-18-2-1-12-28-18)22-17-5-3-16(4-6-17)19-15-26-11-13-29-21(26)23-19/h1-6,11-13,15H,7-10,14H2,(H,22,27). The highest BCUT2D eigenvalue weighted by Crippen LogP contribution is 2.23. The largest absolute Gasteiger partial charge is 0.322 e. The van der Waals surface area contributed by atoms with Crippen molar-refractivity contribution in [1.82, 2.24) is 19.2 Å². The number of anilines is 1. The number of thiazole rings is 1. The van der Waals surface area contributed by atoms with Crippen LogP contribution < -0.4 is 5.32 Å². The lowest BCUT2D eigenvalue weighted by atomic mass is 10.1. The molecule has 0 radical (unpaired) electrons. The lowest BCUT2D eigenvalue weighted by Gasteiger charge is -2.34. The van der Waals surface area contributed by atoms with E-state index in [0.29, 0.717) is 0 Å². The number of nitrogens with zero attached hydrogens (tertiary/aromatic N) is 4. The van der Waals surface area contributed by atoms with Gasteiger partial charge in [0.15, 0.2) is 4.96 Å². The van der Waals surface area contributed by atoms with Crippen LogP contribution in [0, 0.1) is 0 Å². The van der Waals surface area contributed by atoms with Crippen LogP contribution in [0.4, 0.5) is 10.5 Å². The minimum Gasteiger partial charge on any atom is -0.322 e. The molecule has 1 fully saturated rings. The molecule has 0 unspecified atom stereocenters. The van der Waals surface area contributed by atoms with Crippen LogP contribution in [-0.4, -0.2) is 51.4 Å². The van der Waals surface area contributed by atoms with Gasteiger partial charge in [-0.15, -0.1) is 22.7 Å². The van der Waals surface area contributed by atoms with E-state index in [2.05, 4.69) is 32.7 Å². The molecule has 1 aliphatic heterocycles. The molecule has 148 valence electrons. The maximum absolute atomic E-state index is 12.6. The summed E-state index contributed by atoms with van der Waals surface area (Å²) in [4.78, 5) is 23.9. The van der Waals surface area contributed by atoms with Gasteiger partial charge in [-0.3, -0.25) is 9.30 Å². The van der Waals surface area contributed by atoms with Gasteiger partial charge >= 0.3 is 6.03 Å². The SMILES string of the molecule is O=C(Nc1ccc(-c2cn3ccsc3n2)cc1)N1CCN(Cc2cccs2)CC1. The van der Waals surface area contributed by atoms with Gasteiger partial charge in [-0.05, 0) is 23.6 Å². The third kappa shape index (κ3) is 4.05. The van der Waals surface area contributed by atoms with E-state index in [0.717, 1.165) is 54.6 Å². The molecular weight excluding hydrogens is 402 g/mol. The first-order valence-corrected chi connectivity index (χ1v) is 11.3. The number of imidazole rings is 1. The van der Waals surface area contributed by atoms with E-state index in [1.807, 2.05) is 51.3 Å². The highest BCUT2D eigenvalue weighted by Gasteiger charge is 2.21. The van der Waals surface area contributed by atoms with Crippen molar-refractivity contribution in [2.45, 2.75) is 6.54 Å². The van der Waals surface area contributed by atoms with Crippen LogP contribution in [0.1, 0.15) is 4.88 Å². The first kappa shape index (κ1) is 18.4. The van der Waals surface area contributed by atoms with Crippen molar-refractivity contribution in [3.63, 3.8) is 0 Å². The van der Waals surface area contributed by atoms with Crippen molar-refractivity contribution in [2.75, 3.05) is 31.5 Å². The predicted molar refractivity (Wildman–Crippen MR) is 119 cm³/mol. The third-order valence-electron chi connectivity index (χ3n) is 5.14. The summed E-state index contributed by atoms with van der Waals surface area (Å²) in [6, 6.07) is 12.1. The minimum atomic E-state index is -0.0315. The molecule has 4 heterocycles. The monoisotopic (exact) mass is 423 g/mol. The summed E-state index contributed by atoms with van der Waals surface area (Å²) in [5.74, 6) is 0. The summed E-state index contributed by atoms with van der Waals surface area (Å²) in [5.41, 5.74) is 2.79. The van der Waals surface area contributed by atoms with E-state index in [1.165, 1.54) is 4.88 Å². The Bertz CT molecular complexity index is 1060. The summed E-state index contributed by atoms with van der Waals surface area (Å²) in [5, 5.41) is 7.15. The number of hydrogen-bond acceptors (Lipinski definition) is 5. The van der Waals surface area contributed by atoms with Gasteiger partial charge in [-0.2, -0.15) is 0 Å². The van der Waals surface area contributed by atoms with Gasteiger partial charge in [0.1, 0.15) is 0 Å². The van der Waals surface area contributed by atoms with E-state index in [4.69, 9.17) is 0 Å². The van der Waals surface area contributed by atoms with E-state index in [9.17, 15) is 4.79 Å². The van der Waals surface area contributed by atoms with Crippen molar-refractivity contribution in [3.8, 4) is 11.3 Å².